The highest BCUT2D eigenvalue weighted by atomic mass is 19.1. The van der Waals surface area contributed by atoms with E-state index in [0.29, 0.717) is 0 Å². The van der Waals surface area contributed by atoms with Gasteiger partial charge in [0.2, 0.25) is 5.72 Å². The zero-order chi connectivity index (χ0) is 15.8. The topological polar surface area (TPSA) is 64.4 Å². The Morgan fingerprint density at radius 2 is 1.59 bits per heavy atom. The summed E-state index contributed by atoms with van der Waals surface area (Å²) in [6.45, 7) is -0.667. The lowest BCUT2D eigenvalue weighted by molar-refractivity contribution is -0.155. The van der Waals surface area contributed by atoms with Gasteiger partial charge in [0.15, 0.2) is 0 Å². The predicted octanol–water partition coefficient (Wildman–Crippen LogP) is 2.14. The SMILES string of the molecule is NC(=O)C(CF)(NCc1ccccc1)OCc1ccccc1. The Balaban J connectivity index is 2.05. The van der Waals surface area contributed by atoms with E-state index in [2.05, 4.69) is 5.32 Å². The molecule has 2 rings (SSSR count). The Morgan fingerprint density at radius 1 is 1.05 bits per heavy atom. The number of benzene rings is 2. The molecule has 0 aliphatic rings. The summed E-state index contributed by atoms with van der Waals surface area (Å²) in [6.07, 6.45) is 0. The van der Waals surface area contributed by atoms with E-state index in [0.717, 1.165) is 11.1 Å². The number of nitrogens with two attached hydrogens (primary N) is 1. The number of nitrogens with one attached hydrogen (secondary N) is 1. The minimum Gasteiger partial charge on any atom is -0.366 e. The quantitative estimate of drug-likeness (QED) is 0.734. The fourth-order valence-corrected chi connectivity index (χ4v) is 1.98. The second-order valence-corrected chi connectivity index (χ2v) is 4.94. The first-order valence-electron chi connectivity index (χ1n) is 6.99. The van der Waals surface area contributed by atoms with E-state index in [-0.39, 0.29) is 13.2 Å². The van der Waals surface area contributed by atoms with Crippen molar-refractivity contribution in [3.05, 3.63) is 71.8 Å². The van der Waals surface area contributed by atoms with Crippen LogP contribution in [-0.2, 0) is 22.7 Å². The van der Waals surface area contributed by atoms with E-state index in [1.807, 2.05) is 60.7 Å². The van der Waals surface area contributed by atoms with Crippen molar-refractivity contribution in [2.24, 2.45) is 5.73 Å². The van der Waals surface area contributed by atoms with Crippen molar-refractivity contribution in [1.29, 1.82) is 0 Å². The van der Waals surface area contributed by atoms with Crippen LogP contribution >= 0.6 is 0 Å². The van der Waals surface area contributed by atoms with Gasteiger partial charge in [0.1, 0.15) is 6.67 Å². The van der Waals surface area contributed by atoms with Gasteiger partial charge in [-0.2, -0.15) is 0 Å². The van der Waals surface area contributed by atoms with Gasteiger partial charge >= 0.3 is 0 Å². The smallest absolute Gasteiger partial charge is 0.267 e. The van der Waals surface area contributed by atoms with Crippen LogP contribution in [0.15, 0.2) is 60.7 Å². The molecule has 1 amide bonds. The lowest BCUT2D eigenvalue weighted by atomic mass is 10.1. The van der Waals surface area contributed by atoms with Crippen molar-refractivity contribution in [2.75, 3.05) is 6.67 Å². The number of halogens is 1. The molecule has 22 heavy (non-hydrogen) atoms. The van der Waals surface area contributed by atoms with Gasteiger partial charge in [0.05, 0.1) is 6.61 Å². The molecule has 0 aliphatic carbocycles. The number of hydrogen-bond acceptors (Lipinski definition) is 3. The highest BCUT2D eigenvalue weighted by molar-refractivity contribution is 5.83. The lowest BCUT2D eigenvalue weighted by Gasteiger charge is -2.29. The second kappa shape index (κ2) is 7.68. The predicted molar refractivity (Wildman–Crippen MR) is 82.4 cm³/mol. The molecule has 5 heteroatoms. The summed E-state index contributed by atoms with van der Waals surface area (Å²) in [5.41, 5.74) is 5.26. The van der Waals surface area contributed by atoms with Crippen molar-refractivity contribution in [1.82, 2.24) is 5.32 Å². The van der Waals surface area contributed by atoms with E-state index in [9.17, 15) is 9.18 Å². The van der Waals surface area contributed by atoms with Gasteiger partial charge in [-0.1, -0.05) is 60.7 Å². The fourth-order valence-electron chi connectivity index (χ4n) is 1.98. The van der Waals surface area contributed by atoms with Gasteiger partial charge in [0, 0.05) is 6.54 Å². The molecule has 0 fully saturated rings. The van der Waals surface area contributed by atoms with Crippen LogP contribution in [0.5, 0.6) is 0 Å². The van der Waals surface area contributed by atoms with Gasteiger partial charge in [0.25, 0.3) is 5.91 Å². The molecule has 2 aromatic carbocycles. The fraction of sp³-hybridized carbons (Fsp3) is 0.235. The number of rotatable bonds is 8. The summed E-state index contributed by atoms with van der Waals surface area (Å²) in [4.78, 5) is 11.7. The minimum atomic E-state index is -1.83. The number of primary amides is 1. The maximum atomic E-state index is 13.5. The van der Waals surface area contributed by atoms with Crippen molar-refractivity contribution in [3.8, 4) is 0 Å². The Labute approximate surface area is 129 Å². The molecule has 1 atom stereocenters. The number of hydrogen-bond donors (Lipinski definition) is 2. The summed E-state index contributed by atoms with van der Waals surface area (Å²) in [6, 6.07) is 18.6. The van der Waals surface area contributed by atoms with Crippen LogP contribution in [0.4, 0.5) is 4.39 Å². The number of ether oxygens (including phenoxy) is 1. The van der Waals surface area contributed by atoms with Crippen LogP contribution in [0.1, 0.15) is 11.1 Å². The van der Waals surface area contributed by atoms with Crippen LogP contribution in [0.25, 0.3) is 0 Å². The summed E-state index contributed by atoms with van der Waals surface area (Å²) in [7, 11) is 0. The summed E-state index contributed by atoms with van der Waals surface area (Å²) >= 11 is 0. The van der Waals surface area contributed by atoms with Crippen molar-refractivity contribution < 1.29 is 13.9 Å². The average Bonchev–Trinajstić information content (AvgIpc) is 2.57. The molecular weight excluding hydrogens is 283 g/mol. The largest absolute Gasteiger partial charge is 0.366 e. The molecule has 4 nitrogen and oxygen atoms in total. The maximum absolute atomic E-state index is 13.5. The third kappa shape index (κ3) is 4.13. The average molecular weight is 302 g/mol. The summed E-state index contributed by atoms with van der Waals surface area (Å²) in [5, 5.41) is 2.80. The molecule has 2 aromatic rings. The summed E-state index contributed by atoms with van der Waals surface area (Å²) < 4.78 is 19.0. The third-order valence-electron chi connectivity index (χ3n) is 3.34. The molecule has 0 saturated heterocycles. The Morgan fingerprint density at radius 3 is 2.09 bits per heavy atom. The molecule has 0 radical (unpaired) electrons. The second-order valence-electron chi connectivity index (χ2n) is 4.94. The van der Waals surface area contributed by atoms with Crippen molar-refractivity contribution >= 4 is 5.91 Å². The van der Waals surface area contributed by atoms with Crippen LogP contribution in [0, 0.1) is 0 Å². The van der Waals surface area contributed by atoms with Crippen molar-refractivity contribution in [3.63, 3.8) is 0 Å². The van der Waals surface area contributed by atoms with Gasteiger partial charge in [-0.15, -0.1) is 0 Å². The molecule has 3 N–H and O–H groups in total. The van der Waals surface area contributed by atoms with Crippen LogP contribution < -0.4 is 11.1 Å². The Hall–Kier alpha value is -2.24. The monoisotopic (exact) mass is 302 g/mol. The molecule has 0 spiro atoms. The van der Waals surface area contributed by atoms with Crippen LogP contribution in [-0.4, -0.2) is 18.3 Å². The van der Waals surface area contributed by atoms with E-state index in [4.69, 9.17) is 10.5 Å². The lowest BCUT2D eigenvalue weighted by Crippen LogP contribution is -2.58. The Bertz CT molecular complexity index is 547. The molecule has 0 bridgehead atoms. The van der Waals surface area contributed by atoms with Gasteiger partial charge in [-0.25, -0.2) is 4.39 Å². The molecule has 1 unspecified atom stereocenters. The first kappa shape index (κ1) is 16.1. The van der Waals surface area contributed by atoms with Crippen LogP contribution in [0.3, 0.4) is 0 Å². The zero-order valence-corrected chi connectivity index (χ0v) is 12.2. The first-order valence-corrected chi connectivity index (χ1v) is 6.99. The number of carbonyl (C=O) groups excluding carboxylic acids is 1. The highest BCUT2D eigenvalue weighted by Crippen LogP contribution is 2.14. The van der Waals surface area contributed by atoms with E-state index < -0.39 is 18.3 Å². The van der Waals surface area contributed by atoms with E-state index in [1.165, 1.54) is 0 Å². The van der Waals surface area contributed by atoms with Crippen molar-refractivity contribution in [2.45, 2.75) is 18.9 Å². The number of alkyl halides is 1. The van der Waals surface area contributed by atoms with Gasteiger partial charge in [-0.05, 0) is 11.1 Å². The molecule has 0 aromatic heterocycles. The highest BCUT2D eigenvalue weighted by Gasteiger charge is 2.37. The Kier molecular flexibility index (Phi) is 5.63. The normalized spacial score (nSPS) is 13.5. The zero-order valence-electron chi connectivity index (χ0n) is 12.2. The molecular formula is C17H19FN2O2. The van der Waals surface area contributed by atoms with Gasteiger partial charge < -0.3 is 10.5 Å². The standard InChI is InChI=1S/C17H19FN2O2/c18-13-17(16(19)21,20-11-14-7-3-1-4-8-14)22-12-15-9-5-2-6-10-15/h1-10,20H,11-13H2,(H2,19,21). The molecule has 0 saturated carbocycles. The maximum Gasteiger partial charge on any atom is 0.267 e. The van der Waals surface area contributed by atoms with Crippen LogP contribution in [0.2, 0.25) is 0 Å². The van der Waals surface area contributed by atoms with E-state index >= 15 is 0 Å². The minimum absolute atomic E-state index is 0.0927. The third-order valence-corrected chi connectivity index (χ3v) is 3.34. The van der Waals surface area contributed by atoms with Gasteiger partial charge in [-0.3, -0.25) is 10.1 Å². The number of amides is 1. The molecule has 0 heterocycles. The number of carbonyl (C=O) groups is 1. The molecule has 116 valence electrons. The van der Waals surface area contributed by atoms with E-state index in [1.54, 1.807) is 0 Å². The summed E-state index contributed by atoms with van der Waals surface area (Å²) in [5.74, 6) is -0.873. The first-order chi connectivity index (χ1) is 10.7. The molecule has 0 aliphatic heterocycles.